The van der Waals surface area contributed by atoms with Gasteiger partial charge in [0.1, 0.15) is 11.5 Å². The third kappa shape index (κ3) is 1.95. The number of hydrogen-bond donors (Lipinski definition) is 0. The molecule has 0 saturated heterocycles. The molecule has 0 heterocycles. The summed E-state index contributed by atoms with van der Waals surface area (Å²) in [6.07, 6.45) is 2.79. The van der Waals surface area contributed by atoms with Crippen LogP contribution in [0.4, 0.5) is 0 Å². The number of fused-ring (bicyclic) bond motifs is 2. The summed E-state index contributed by atoms with van der Waals surface area (Å²) in [5.41, 5.74) is 2.47. The number of benzene rings is 2. The molecule has 0 radical (unpaired) electrons. The largest absolute Gasteiger partial charge is 0.496 e. The van der Waals surface area contributed by atoms with E-state index in [1.54, 1.807) is 14.2 Å². The molecule has 0 N–H and O–H groups in total. The Balaban J connectivity index is 2.38. The molecule has 0 saturated carbocycles. The Labute approximate surface area is 118 Å². The van der Waals surface area contributed by atoms with Gasteiger partial charge in [-0.25, -0.2) is 0 Å². The number of hydrogen-bond acceptors (Lipinski definition) is 2. The van der Waals surface area contributed by atoms with Gasteiger partial charge in [-0.15, -0.1) is 11.6 Å². The zero-order valence-electron chi connectivity index (χ0n) is 11.2. The Kier molecular flexibility index (Phi) is 3.28. The third-order valence-electron chi connectivity index (χ3n) is 3.87. The molecular weight excluding hydrogens is 260 g/mol. The molecule has 1 atom stereocenters. The Morgan fingerprint density at radius 2 is 1.58 bits per heavy atom. The average Bonchev–Trinajstić information content (AvgIpc) is 2.44. The topological polar surface area (TPSA) is 18.5 Å². The smallest absolute Gasteiger partial charge is 0.130 e. The summed E-state index contributed by atoms with van der Waals surface area (Å²) in [4.78, 5) is 0. The summed E-state index contributed by atoms with van der Waals surface area (Å²) in [7, 11) is 3.47. The molecule has 1 aliphatic rings. The summed E-state index contributed by atoms with van der Waals surface area (Å²) >= 11 is 6.32. The van der Waals surface area contributed by atoms with Crippen LogP contribution in [0.15, 0.2) is 24.3 Å². The molecule has 0 fully saturated rings. The minimum atomic E-state index is 0.187. The first-order chi connectivity index (χ1) is 9.26. The zero-order chi connectivity index (χ0) is 13.4. The van der Waals surface area contributed by atoms with Crippen molar-refractivity contribution in [2.24, 2.45) is 0 Å². The molecule has 3 heteroatoms. The van der Waals surface area contributed by atoms with Crippen LogP contribution in [0, 0.1) is 0 Å². The summed E-state index contributed by atoms with van der Waals surface area (Å²) in [6.45, 7) is 0. The number of alkyl halides is 1. The van der Waals surface area contributed by atoms with E-state index in [9.17, 15) is 0 Å². The number of methoxy groups -OCH3 is 2. The van der Waals surface area contributed by atoms with E-state index in [0.717, 1.165) is 41.5 Å². The van der Waals surface area contributed by atoms with Gasteiger partial charge in [0.2, 0.25) is 0 Å². The van der Waals surface area contributed by atoms with E-state index in [4.69, 9.17) is 21.1 Å². The highest BCUT2D eigenvalue weighted by Gasteiger charge is 2.26. The summed E-state index contributed by atoms with van der Waals surface area (Å²) in [6, 6.07) is 8.22. The molecule has 2 nitrogen and oxygen atoms in total. The Morgan fingerprint density at radius 3 is 2.16 bits per heavy atom. The van der Waals surface area contributed by atoms with Crippen LogP contribution in [0.1, 0.15) is 17.5 Å². The van der Waals surface area contributed by atoms with Crippen molar-refractivity contribution in [2.75, 3.05) is 14.2 Å². The molecule has 2 aromatic carbocycles. The lowest BCUT2D eigenvalue weighted by Gasteiger charge is -2.26. The summed E-state index contributed by atoms with van der Waals surface area (Å²) in [5, 5.41) is 2.41. The minimum absolute atomic E-state index is 0.187. The molecule has 3 rings (SSSR count). The molecule has 0 amide bonds. The molecule has 0 bridgehead atoms. The van der Waals surface area contributed by atoms with Crippen molar-refractivity contribution >= 4 is 22.4 Å². The average molecular weight is 277 g/mol. The van der Waals surface area contributed by atoms with Gasteiger partial charge in [0.25, 0.3) is 0 Å². The molecular formula is C16H17ClO2. The van der Waals surface area contributed by atoms with Crippen LogP contribution >= 0.6 is 11.6 Å². The monoisotopic (exact) mass is 276 g/mol. The molecule has 1 unspecified atom stereocenters. The van der Waals surface area contributed by atoms with E-state index in [1.165, 1.54) is 11.1 Å². The van der Waals surface area contributed by atoms with E-state index in [0.29, 0.717) is 0 Å². The molecule has 0 spiro atoms. The lowest BCUT2D eigenvalue weighted by atomic mass is 9.87. The lowest BCUT2D eigenvalue weighted by Crippen LogP contribution is -2.16. The first-order valence-electron chi connectivity index (χ1n) is 6.54. The van der Waals surface area contributed by atoms with Crippen LogP contribution in [0.5, 0.6) is 11.5 Å². The van der Waals surface area contributed by atoms with Crippen LogP contribution < -0.4 is 9.47 Å². The van der Waals surface area contributed by atoms with Gasteiger partial charge in [0, 0.05) is 27.3 Å². The summed E-state index contributed by atoms with van der Waals surface area (Å²) < 4.78 is 11.3. The predicted octanol–water partition coefficient (Wildman–Crippen LogP) is 3.95. The normalized spacial score (nSPS) is 18.2. The van der Waals surface area contributed by atoms with Crippen LogP contribution in [0.2, 0.25) is 0 Å². The summed E-state index contributed by atoms with van der Waals surface area (Å²) in [5.74, 6) is 1.94. The zero-order valence-corrected chi connectivity index (χ0v) is 12.0. The molecule has 1 aliphatic carbocycles. The molecule has 19 heavy (non-hydrogen) atoms. The molecule has 0 aliphatic heterocycles. The second-order valence-corrected chi connectivity index (χ2v) is 5.53. The fraction of sp³-hybridized carbons (Fsp3) is 0.375. The van der Waals surface area contributed by atoms with Crippen molar-refractivity contribution in [3.05, 3.63) is 35.4 Å². The molecule has 100 valence electrons. The highest BCUT2D eigenvalue weighted by atomic mass is 35.5. The number of rotatable bonds is 2. The minimum Gasteiger partial charge on any atom is -0.496 e. The van der Waals surface area contributed by atoms with Gasteiger partial charge in [0.15, 0.2) is 0 Å². The van der Waals surface area contributed by atoms with Gasteiger partial charge < -0.3 is 9.47 Å². The van der Waals surface area contributed by atoms with Crippen molar-refractivity contribution in [3.8, 4) is 11.5 Å². The Morgan fingerprint density at radius 1 is 1.00 bits per heavy atom. The fourth-order valence-corrected chi connectivity index (χ4v) is 3.31. The van der Waals surface area contributed by atoms with E-state index in [-0.39, 0.29) is 5.38 Å². The first-order valence-corrected chi connectivity index (χ1v) is 6.98. The van der Waals surface area contributed by atoms with E-state index < -0.39 is 0 Å². The predicted molar refractivity (Wildman–Crippen MR) is 78.7 cm³/mol. The first kappa shape index (κ1) is 12.6. The highest BCUT2D eigenvalue weighted by Crippen LogP contribution is 2.44. The molecule has 2 aromatic rings. The van der Waals surface area contributed by atoms with Crippen LogP contribution in [0.3, 0.4) is 0 Å². The lowest BCUT2D eigenvalue weighted by molar-refractivity contribution is 0.397. The van der Waals surface area contributed by atoms with E-state index in [2.05, 4.69) is 12.1 Å². The molecule has 0 aromatic heterocycles. The van der Waals surface area contributed by atoms with Gasteiger partial charge >= 0.3 is 0 Å². The standard InChI is InChI=1S/C16H17ClO2/c1-18-15-11-5-3-4-6-12(11)16(19-2)14-9-10(17)7-8-13(14)15/h3-6,10H,7-9H2,1-2H3. The van der Waals surface area contributed by atoms with Gasteiger partial charge in [-0.1, -0.05) is 24.3 Å². The van der Waals surface area contributed by atoms with Crippen LogP contribution in [-0.2, 0) is 12.8 Å². The van der Waals surface area contributed by atoms with Gasteiger partial charge in [-0.05, 0) is 19.3 Å². The maximum atomic E-state index is 6.32. The SMILES string of the molecule is COc1c2c(c(OC)c3ccccc13)CC(Cl)CC2. The fourth-order valence-electron chi connectivity index (χ4n) is 3.05. The Hall–Kier alpha value is -1.41. The van der Waals surface area contributed by atoms with Crippen molar-refractivity contribution < 1.29 is 9.47 Å². The second-order valence-electron chi connectivity index (χ2n) is 4.91. The second kappa shape index (κ2) is 4.93. The van der Waals surface area contributed by atoms with Gasteiger partial charge in [-0.2, -0.15) is 0 Å². The van der Waals surface area contributed by atoms with Gasteiger partial charge in [0.05, 0.1) is 14.2 Å². The number of ether oxygens (including phenoxy) is 2. The van der Waals surface area contributed by atoms with E-state index >= 15 is 0 Å². The number of halogens is 1. The highest BCUT2D eigenvalue weighted by molar-refractivity contribution is 6.21. The van der Waals surface area contributed by atoms with E-state index in [1.807, 2.05) is 12.1 Å². The van der Waals surface area contributed by atoms with Crippen molar-refractivity contribution in [3.63, 3.8) is 0 Å². The van der Waals surface area contributed by atoms with Crippen molar-refractivity contribution in [2.45, 2.75) is 24.6 Å². The van der Waals surface area contributed by atoms with Crippen LogP contribution in [-0.4, -0.2) is 19.6 Å². The third-order valence-corrected chi connectivity index (χ3v) is 4.24. The van der Waals surface area contributed by atoms with Crippen molar-refractivity contribution in [1.82, 2.24) is 0 Å². The maximum absolute atomic E-state index is 6.32. The van der Waals surface area contributed by atoms with Crippen molar-refractivity contribution in [1.29, 1.82) is 0 Å². The quantitative estimate of drug-likeness (QED) is 0.773. The van der Waals surface area contributed by atoms with Gasteiger partial charge in [-0.3, -0.25) is 0 Å². The van der Waals surface area contributed by atoms with Crippen LogP contribution in [0.25, 0.3) is 10.8 Å². The Bertz CT molecular complexity index is 622. The maximum Gasteiger partial charge on any atom is 0.130 e.